The summed E-state index contributed by atoms with van der Waals surface area (Å²) >= 11 is 1.42. The zero-order valence-corrected chi connectivity index (χ0v) is 16.2. The smallest absolute Gasteiger partial charge is 0.410 e. The predicted molar refractivity (Wildman–Crippen MR) is 103 cm³/mol. The van der Waals surface area contributed by atoms with Crippen LogP contribution in [0.5, 0.6) is 0 Å². The van der Waals surface area contributed by atoms with E-state index in [0.717, 1.165) is 10.5 Å². The van der Waals surface area contributed by atoms with Crippen LogP contribution in [0, 0.1) is 17.2 Å². The highest BCUT2D eigenvalue weighted by atomic mass is 32.2. The van der Waals surface area contributed by atoms with E-state index >= 15 is 0 Å². The van der Waals surface area contributed by atoms with E-state index in [-0.39, 0.29) is 17.9 Å². The molecule has 28 heavy (non-hydrogen) atoms. The fourth-order valence-corrected chi connectivity index (χ4v) is 4.50. The van der Waals surface area contributed by atoms with Crippen molar-refractivity contribution < 1.29 is 23.5 Å². The van der Waals surface area contributed by atoms with Gasteiger partial charge < -0.3 is 24.1 Å². The maximum Gasteiger partial charge on any atom is 0.410 e. The summed E-state index contributed by atoms with van der Waals surface area (Å²) in [4.78, 5) is 26.9. The van der Waals surface area contributed by atoms with Crippen molar-refractivity contribution in [3.63, 3.8) is 0 Å². The Bertz CT molecular complexity index is 812. The maximum atomic E-state index is 12.2. The lowest BCUT2D eigenvalue weighted by molar-refractivity contribution is -0.116. The number of nitrogens with zero attached hydrogens (tertiary/aromatic N) is 2. The van der Waals surface area contributed by atoms with Gasteiger partial charge in [-0.2, -0.15) is 5.26 Å². The molecule has 2 aliphatic heterocycles. The summed E-state index contributed by atoms with van der Waals surface area (Å²) in [5.74, 6) is -0.136. The molecule has 0 saturated heterocycles. The number of hydrogen-bond acceptors (Lipinski definition) is 7. The van der Waals surface area contributed by atoms with Crippen LogP contribution in [-0.4, -0.2) is 55.7 Å². The van der Waals surface area contributed by atoms with Crippen molar-refractivity contribution >= 4 is 29.8 Å². The topological polar surface area (TPSA) is 105 Å². The molecule has 0 bridgehead atoms. The number of ether oxygens (including phenoxy) is 2. The normalized spacial score (nSPS) is 21.5. The van der Waals surface area contributed by atoms with Gasteiger partial charge in [-0.05, 0) is 30.2 Å². The molecule has 0 aliphatic carbocycles. The Morgan fingerprint density at radius 2 is 2.36 bits per heavy atom. The third-order valence-corrected chi connectivity index (χ3v) is 5.75. The average Bonchev–Trinajstić information content (AvgIpc) is 3.33. The molecule has 0 aromatic carbocycles. The van der Waals surface area contributed by atoms with Crippen molar-refractivity contribution in [1.29, 1.82) is 5.26 Å². The van der Waals surface area contributed by atoms with Crippen molar-refractivity contribution in [3.8, 4) is 6.07 Å². The lowest BCUT2D eigenvalue weighted by atomic mass is 9.94. The molecule has 148 valence electrons. The molecule has 2 amide bonds. The van der Waals surface area contributed by atoms with Crippen LogP contribution in [0.15, 0.2) is 39.4 Å². The molecule has 2 aliphatic rings. The van der Waals surface area contributed by atoms with E-state index in [1.165, 1.54) is 24.1 Å². The van der Waals surface area contributed by atoms with E-state index in [9.17, 15) is 14.9 Å². The highest BCUT2D eigenvalue weighted by Gasteiger charge is 2.39. The van der Waals surface area contributed by atoms with Gasteiger partial charge in [-0.1, -0.05) is 0 Å². The Kier molecular flexibility index (Phi) is 6.79. The van der Waals surface area contributed by atoms with Gasteiger partial charge in [0, 0.05) is 24.6 Å². The van der Waals surface area contributed by atoms with Crippen molar-refractivity contribution in [3.05, 3.63) is 40.7 Å². The second-order valence-corrected chi connectivity index (χ2v) is 7.47. The minimum Gasteiger partial charge on any atom is -0.465 e. The first-order valence-electron chi connectivity index (χ1n) is 8.83. The van der Waals surface area contributed by atoms with Crippen molar-refractivity contribution in [2.75, 3.05) is 33.4 Å². The lowest BCUT2D eigenvalue weighted by Crippen LogP contribution is -2.37. The van der Waals surface area contributed by atoms with E-state index in [1.807, 2.05) is 0 Å². The molecule has 8 nitrogen and oxygen atoms in total. The minimum atomic E-state index is -0.410. The van der Waals surface area contributed by atoms with Crippen LogP contribution in [0.1, 0.15) is 12.2 Å². The summed E-state index contributed by atoms with van der Waals surface area (Å²) in [5, 5.41) is 12.1. The highest BCUT2D eigenvalue weighted by molar-refractivity contribution is 8.04. The molecular weight excluding hydrogens is 382 g/mol. The van der Waals surface area contributed by atoms with Gasteiger partial charge >= 0.3 is 6.09 Å². The summed E-state index contributed by atoms with van der Waals surface area (Å²) in [6, 6.07) is 5.77. The Morgan fingerprint density at radius 3 is 3.07 bits per heavy atom. The SMILES string of the molecule is COCCOC(=O)N1CCC2=C(C1)SC(NC(=O)/C=C/c1ccco1)C2C#N. The van der Waals surface area contributed by atoms with Gasteiger partial charge in [0.05, 0.1) is 36.8 Å². The van der Waals surface area contributed by atoms with Gasteiger partial charge in [-0.3, -0.25) is 4.79 Å². The fraction of sp³-hybridized carbons (Fsp3) is 0.421. The van der Waals surface area contributed by atoms with E-state index < -0.39 is 12.0 Å². The summed E-state index contributed by atoms with van der Waals surface area (Å²) in [5.41, 5.74) is 0.994. The zero-order valence-electron chi connectivity index (χ0n) is 15.4. The number of carbonyl (C=O) groups is 2. The van der Waals surface area contributed by atoms with Gasteiger partial charge in [0.25, 0.3) is 0 Å². The number of hydrogen-bond donors (Lipinski definition) is 1. The molecule has 3 rings (SSSR count). The van der Waals surface area contributed by atoms with Crippen molar-refractivity contribution in [1.82, 2.24) is 10.2 Å². The summed E-state index contributed by atoms with van der Waals surface area (Å²) in [7, 11) is 1.54. The molecule has 3 heterocycles. The van der Waals surface area contributed by atoms with E-state index in [2.05, 4.69) is 11.4 Å². The number of methoxy groups -OCH3 is 1. The quantitative estimate of drug-likeness (QED) is 0.574. The monoisotopic (exact) mass is 403 g/mol. The standard InChI is InChI=1S/C19H21N3O5S/c1-25-9-10-27-19(24)22-7-6-14-15(11-20)18(28-16(14)12-22)21-17(23)5-4-13-3-2-8-26-13/h2-5,8,15,18H,6-7,9-10,12H2,1H3,(H,21,23)/b5-4+. The first-order chi connectivity index (χ1) is 13.6. The van der Waals surface area contributed by atoms with Gasteiger partial charge in [0.1, 0.15) is 12.4 Å². The van der Waals surface area contributed by atoms with Crippen LogP contribution in [-0.2, 0) is 14.3 Å². The first-order valence-corrected chi connectivity index (χ1v) is 9.71. The predicted octanol–water partition coefficient (Wildman–Crippen LogP) is 2.36. The second-order valence-electron chi connectivity index (χ2n) is 6.23. The Morgan fingerprint density at radius 1 is 1.50 bits per heavy atom. The molecule has 0 fully saturated rings. The minimum absolute atomic E-state index is 0.201. The largest absolute Gasteiger partial charge is 0.465 e. The summed E-state index contributed by atoms with van der Waals surface area (Å²) in [6.45, 7) is 1.42. The Labute approximate surface area is 167 Å². The third-order valence-electron chi connectivity index (χ3n) is 4.43. The molecule has 9 heteroatoms. The number of nitrogens with one attached hydrogen (secondary N) is 1. The maximum absolute atomic E-state index is 12.2. The third kappa shape index (κ3) is 4.77. The number of amides is 2. The first kappa shape index (κ1) is 20.0. The fourth-order valence-electron chi connectivity index (χ4n) is 3.04. The summed E-state index contributed by atoms with van der Waals surface area (Å²) in [6.07, 6.45) is 4.67. The average molecular weight is 403 g/mol. The lowest BCUT2D eigenvalue weighted by Gasteiger charge is -2.27. The van der Waals surface area contributed by atoms with Gasteiger partial charge in [0.15, 0.2) is 0 Å². The van der Waals surface area contributed by atoms with Crippen LogP contribution in [0.3, 0.4) is 0 Å². The second kappa shape index (κ2) is 9.48. The molecule has 1 aromatic rings. The molecule has 1 aromatic heterocycles. The van der Waals surface area contributed by atoms with Crippen LogP contribution < -0.4 is 5.32 Å². The number of thioether (sulfide) groups is 1. The van der Waals surface area contributed by atoms with Gasteiger partial charge in [-0.15, -0.1) is 11.8 Å². The van der Waals surface area contributed by atoms with Crippen LogP contribution in [0.4, 0.5) is 4.79 Å². The number of furan rings is 1. The van der Waals surface area contributed by atoms with Crippen LogP contribution in [0.2, 0.25) is 0 Å². The highest BCUT2D eigenvalue weighted by Crippen LogP contribution is 2.44. The molecule has 0 radical (unpaired) electrons. The van der Waals surface area contributed by atoms with Crippen LogP contribution >= 0.6 is 11.8 Å². The number of carbonyl (C=O) groups excluding carboxylic acids is 2. The molecule has 2 atom stereocenters. The van der Waals surface area contributed by atoms with Gasteiger partial charge in [-0.25, -0.2) is 4.79 Å². The van der Waals surface area contributed by atoms with Crippen molar-refractivity contribution in [2.24, 2.45) is 5.92 Å². The molecular formula is C19H21N3O5S. The molecule has 2 unspecified atom stereocenters. The van der Waals surface area contributed by atoms with Gasteiger partial charge in [0.2, 0.25) is 5.91 Å². The van der Waals surface area contributed by atoms with E-state index in [0.29, 0.717) is 31.9 Å². The Hall–Kier alpha value is -2.70. The zero-order chi connectivity index (χ0) is 19.9. The number of nitriles is 1. The van der Waals surface area contributed by atoms with Crippen molar-refractivity contribution in [2.45, 2.75) is 11.8 Å². The Balaban J connectivity index is 1.57. The van der Waals surface area contributed by atoms with E-state index in [4.69, 9.17) is 13.9 Å². The number of rotatable bonds is 6. The summed E-state index contributed by atoms with van der Waals surface area (Å²) < 4.78 is 15.2. The molecule has 0 spiro atoms. The molecule has 1 N–H and O–H groups in total. The van der Waals surface area contributed by atoms with Crippen LogP contribution in [0.25, 0.3) is 6.08 Å². The van der Waals surface area contributed by atoms with E-state index in [1.54, 1.807) is 30.2 Å². The molecule has 0 saturated carbocycles.